The maximum Gasteiger partial charge on any atom is 0.222 e. The molecule has 0 aliphatic carbocycles. The Hall–Kier alpha value is -0.570. The summed E-state index contributed by atoms with van der Waals surface area (Å²) in [6, 6.07) is 0. The number of aliphatic hydroxyl groups is 1. The van der Waals surface area contributed by atoms with E-state index in [0.717, 1.165) is 32.4 Å². The van der Waals surface area contributed by atoms with Crippen LogP contribution in [-0.2, 0) is 4.79 Å². The molecule has 1 N–H and O–H groups in total. The predicted octanol–water partition coefficient (Wildman–Crippen LogP) is 2.82. The van der Waals surface area contributed by atoms with Crippen LogP contribution in [0, 0.1) is 11.8 Å². The van der Waals surface area contributed by atoms with E-state index in [9.17, 15) is 9.90 Å². The van der Waals surface area contributed by atoms with Crippen LogP contribution < -0.4 is 0 Å². The summed E-state index contributed by atoms with van der Waals surface area (Å²) in [5.41, 5.74) is 0. The van der Waals surface area contributed by atoms with Crippen molar-refractivity contribution in [2.75, 3.05) is 19.7 Å². The highest BCUT2D eigenvalue weighted by Crippen LogP contribution is 2.19. The maximum atomic E-state index is 12.1. The van der Waals surface area contributed by atoms with Crippen molar-refractivity contribution in [2.24, 2.45) is 11.8 Å². The van der Waals surface area contributed by atoms with E-state index in [-0.39, 0.29) is 12.5 Å². The van der Waals surface area contributed by atoms with Gasteiger partial charge in [-0.05, 0) is 24.7 Å². The average molecular weight is 255 g/mol. The smallest absolute Gasteiger partial charge is 0.222 e. The van der Waals surface area contributed by atoms with Crippen LogP contribution in [-0.4, -0.2) is 35.6 Å². The molecule has 3 nitrogen and oxygen atoms in total. The van der Waals surface area contributed by atoms with E-state index in [4.69, 9.17) is 0 Å². The lowest BCUT2D eigenvalue weighted by Gasteiger charge is -2.32. The Labute approximate surface area is 112 Å². The van der Waals surface area contributed by atoms with Crippen LogP contribution in [0.1, 0.15) is 58.8 Å². The molecule has 1 heterocycles. The van der Waals surface area contributed by atoms with Gasteiger partial charge >= 0.3 is 0 Å². The summed E-state index contributed by atoms with van der Waals surface area (Å²) in [7, 11) is 0. The third kappa shape index (κ3) is 5.38. The number of unbranched alkanes of at least 4 members (excludes halogenated alkanes) is 2. The lowest BCUT2D eigenvalue weighted by Crippen LogP contribution is -2.41. The number of rotatable bonds is 7. The van der Waals surface area contributed by atoms with Crippen molar-refractivity contribution >= 4 is 5.91 Å². The van der Waals surface area contributed by atoms with Gasteiger partial charge in [0.2, 0.25) is 5.91 Å². The van der Waals surface area contributed by atoms with Gasteiger partial charge in [-0.15, -0.1) is 0 Å². The zero-order valence-corrected chi connectivity index (χ0v) is 12.0. The summed E-state index contributed by atoms with van der Waals surface area (Å²) < 4.78 is 0. The number of carbonyl (C=O) groups excluding carboxylic acids is 1. The van der Waals surface area contributed by atoms with Crippen LogP contribution in [0.4, 0.5) is 0 Å². The summed E-state index contributed by atoms with van der Waals surface area (Å²) >= 11 is 0. The molecule has 1 aliphatic heterocycles. The molecular weight excluding hydrogens is 226 g/mol. The number of likely N-dealkylation sites (tertiary alicyclic amines) is 1. The molecule has 1 fully saturated rings. The molecule has 0 spiro atoms. The van der Waals surface area contributed by atoms with Gasteiger partial charge in [-0.25, -0.2) is 0 Å². The lowest BCUT2D eigenvalue weighted by atomic mass is 9.96. The standard InChI is InChI=1S/C15H29NO2/c1-3-4-5-7-13(2)10-15(18)16-9-6-8-14(11-16)12-17/h13-14,17H,3-12H2,1-2H3. The van der Waals surface area contributed by atoms with E-state index in [1.165, 1.54) is 19.3 Å². The molecule has 2 atom stereocenters. The zero-order valence-electron chi connectivity index (χ0n) is 12.0. The number of carbonyl (C=O) groups is 1. The molecule has 1 aliphatic rings. The minimum absolute atomic E-state index is 0.218. The van der Waals surface area contributed by atoms with Crippen molar-refractivity contribution < 1.29 is 9.90 Å². The second-order valence-corrected chi connectivity index (χ2v) is 5.84. The SMILES string of the molecule is CCCCCC(C)CC(=O)N1CCCC(CO)C1. The van der Waals surface area contributed by atoms with Gasteiger partial charge in [0.05, 0.1) is 0 Å². The largest absolute Gasteiger partial charge is 0.396 e. The number of amides is 1. The predicted molar refractivity (Wildman–Crippen MR) is 74.3 cm³/mol. The van der Waals surface area contributed by atoms with Crippen LogP contribution in [0.15, 0.2) is 0 Å². The fourth-order valence-corrected chi connectivity index (χ4v) is 2.71. The van der Waals surface area contributed by atoms with E-state index in [2.05, 4.69) is 13.8 Å². The van der Waals surface area contributed by atoms with E-state index in [1.54, 1.807) is 0 Å². The molecule has 1 saturated heterocycles. The monoisotopic (exact) mass is 255 g/mol. The minimum atomic E-state index is 0.218. The highest BCUT2D eigenvalue weighted by Gasteiger charge is 2.23. The van der Waals surface area contributed by atoms with Crippen molar-refractivity contribution in [3.8, 4) is 0 Å². The minimum Gasteiger partial charge on any atom is -0.396 e. The highest BCUT2D eigenvalue weighted by molar-refractivity contribution is 5.76. The van der Waals surface area contributed by atoms with Gasteiger partial charge in [0.25, 0.3) is 0 Å². The third-order valence-corrected chi connectivity index (χ3v) is 3.95. The molecule has 0 aromatic carbocycles. The van der Waals surface area contributed by atoms with Crippen molar-refractivity contribution in [1.82, 2.24) is 4.90 Å². The first-order valence-electron chi connectivity index (χ1n) is 7.56. The third-order valence-electron chi connectivity index (χ3n) is 3.95. The quantitative estimate of drug-likeness (QED) is 0.711. The first-order chi connectivity index (χ1) is 8.67. The van der Waals surface area contributed by atoms with Gasteiger partial charge in [0.1, 0.15) is 0 Å². The molecule has 3 heteroatoms. The zero-order chi connectivity index (χ0) is 13.4. The fraction of sp³-hybridized carbons (Fsp3) is 0.933. The van der Waals surface area contributed by atoms with Gasteiger partial charge in [0.15, 0.2) is 0 Å². The summed E-state index contributed by atoms with van der Waals surface area (Å²) in [5.74, 6) is 1.09. The van der Waals surface area contributed by atoms with Crippen LogP contribution in [0.3, 0.4) is 0 Å². The Bertz CT molecular complexity index is 243. The second-order valence-electron chi connectivity index (χ2n) is 5.84. The lowest BCUT2D eigenvalue weighted by molar-refractivity contribution is -0.134. The van der Waals surface area contributed by atoms with Crippen LogP contribution in [0.25, 0.3) is 0 Å². The van der Waals surface area contributed by atoms with E-state index < -0.39 is 0 Å². The maximum absolute atomic E-state index is 12.1. The van der Waals surface area contributed by atoms with Gasteiger partial charge in [0, 0.05) is 26.1 Å². The molecule has 2 unspecified atom stereocenters. The van der Waals surface area contributed by atoms with E-state index in [1.807, 2.05) is 4.90 Å². The summed E-state index contributed by atoms with van der Waals surface area (Å²) in [6.07, 6.45) is 7.70. The van der Waals surface area contributed by atoms with Crippen LogP contribution in [0.2, 0.25) is 0 Å². The van der Waals surface area contributed by atoms with Crippen molar-refractivity contribution in [3.63, 3.8) is 0 Å². The Kier molecular flexibility index (Phi) is 7.33. The number of piperidine rings is 1. The highest BCUT2D eigenvalue weighted by atomic mass is 16.3. The number of hydrogen-bond donors (Lipinski definition) is 1. The van der Waals surface area contributed by atoms with Crippen LogP contribution in [0.5, 0.6) is 0 Å². The molecule has 18 heavy (non-hydrogen) atoms. The molecule has 0 bridgehead atoms. The van der Waals surface area contributed by atoms with Gasteiger partial charge in [-0.3, -0.25) is 4.79 Å². The first kappa shape index (κ1) is 15.5. The van der Waals surface area contributed by atoms with E-state index in [0.29, 0.717) is 18.3 Å². The number of nitrogens with zero attached hydrogens (tertiary/aromatic N) is 1. The molecule has 0 aromatic rings. The molecule has 1 amide bonds. The summed E-state index contributed by atoms with van der Waals surface area (Å²) in [5, 5.41) is 9.18. The Morgan fingerprint density at radius 2 is 2.22 bits per heavy atom. The number of hydrogen-bond acceptors (Lipinski definition) is 2. The molecule has 0 saturated carbocycles. The normalized spacial score (nSPS) is 21.9. The molecule has 1 rings (SSSR count). The molecular formula is C15H29NO2. The van der Waals surface area contributed by atoms with E-state index >= 15 is 0 Å². The number of aliphatic hydroxyl groups excluding tert-OH is 1. The van der Waals surface area contributed by atoms with Gasteiger partial charge in [-0.2, -0.15) is 0 Å². The average Bonchev–Trinajstić information content (AvgIpc) is 2.39. The van der Waals surface area contributed by atoms with Gasteiger partial charge in [-0.1, -0.05) is 39.5 Å². The van der Waals surface area contributed by atoms with Gasteiger partial charge < -0.3 is 10.0 Å². The van der Waals surface area contributed by atoms with Crippen LogP contribution >= 0.6 is 0 Å². The summed E-state index contributed by atoms with van der Waals surface area (Å²) in [6.45, 7) is 6.25. The topological polar surface area (TPSA) is 40.5 Å². The summed E-state index contributed by atoms with van der Waals surface area (Å²) in [4.78, 5) is 14.1. The van der Waals surface area contributed by atoms with Crippen molar-refractivity contribution in [3.05, 3.63) is 0 Å². The van der Waals surface area contributed by atoms with Crippen molar-refractivity contribution in [2.45, 2.75) is 58.8 Å². The molecule has 0 radical (unpaired) electrons. The Morgan fingerprint density at radius 3 is 2.89 bits per heavy atom. The Morgan fingerprint density at radius 1 is 1.44 bits per heavy atom. The molecule has 106 valence electrons. The first-order valence-corrected chi connectivity index (χ1v) is 7.56. The second kappa shape index (κ2) is 8.52. The fourth-order valence-electron chi connectivity index (χ4n) is 2.71. The molecule has 0 aromatic heterocycles. The Balaban J connectivity index is 2.26. The van der Waals surface area contributed by atoms with Crippen molar-refractivity contribution in [1.29, 1.82) is 0 Å².